The number of hydrogen-bond acceptors (Lipinski definition) is 2. The first-order valence-electron chi connectivity index (χ1n) is 3.42. The third-order valence-electron chi connectivity index (χ3n) is 1.49. The van der Waals surface area contributed by atoms with Crippen molar-refractivity contribution in [3.63, 3.8) is 0 Å². The Balaban J connectivity index is 3.29. The lowest BCUT2D eigenvalue weighted by Crippen LogP contribution is -2.02. The number of methoxy groups -OCH3 is 1. The molecule has 0 radical (unpaired) electrons. The molecule has 0 bridgehead atoms. The molecule has 5 heteroatoms. The minimum atomic E-state index is -1.26. The van der Waals surface area contributed by atoms with Crippen LogP contribution < -0.4 is 4.74 Å². The van der Waals surface area contributed by atoms with E-state index in [9.17, 15) is 8.94 Å². The van der Waals surface area contributed by atoms with Crippen LogP contribution in [0.1, 0.15) is 0 Å². The van der Waals surface area contributed by atoms with Gasteiger partial charge in [-0.25, -0.2) is 4.39 Å². The summed E-state index contributed by atoms with van der Waals surface area (Å²) in [6.45, 7) is 0. The summed E-state index contributed by atoms with van der Waals surface area (Å²) in [5.74, 6) is -0.467. The van der Waals surface area contributed by atoms with Gasteiger partial charge in [0.25, 0.3) is 0 Å². The van der Waals surface area contributed by atoms with Crippen molar-refractivity contribution in [3.05, 3.63) is 22.4 Å². The number of halogens is 2. The zero-order chi connectivity index (χ0) is 10.0. The van der Waals surface area contributed by atoms with E-state index in [1.54, 1.807) is 6.07 Å². The van der Waals surface area contributed by atoms with E-state index < -0.39 is 17.0 Å². The predicted molar refractivity (Wildman–Crippen MR) is 53.0 cm³/mol. The molecule has 1 atom stereocenters. The van der Waals surface area contributed by atoms with Crippen LogP contribution in [0.3, 0.4) is 0 Å². The highest BCUT2D eigenvalue weighted by Gasteiger charge is 2.18. The van der Waals surface area contributed by atoms with E-state index in [4.69, 9.17) is 4.74 Å². The molecule has 1 unspecified atom stereocenters. The maximum atomic E-state index is 13.2. The molecule has 1 aromatic rings. The largest absolute Gasteiger partial charge is 0.612 e. The Morgan fingerprint density at radius 3 is 2.62 bits per heavy atom. The molecule has 0 aromatic heterocycles. The van der Waals surface area contributed by atoms with Crippen molar-refractivity contribution in [2.45, 2.75) is 4.90 Å². The molecular formula is C8H8BrFO2S. The minimum absolute atomic E-state index is 0.0454. The number of rotatable bonds is 2. The molecule has 0 heterocycles. The van der Waals surface area contributed by atoms with Gasteiger partial charge in [-0.3, -0.25) is 0 Å². The van der Waals surface area contributed by atoms with Crippen LogP contribution in [0.25, 0.3) is 0 Å². The molecule has 0 spiro atoms. The van der Waals surface area contributed by atoms with E-state index in [1.165, 1.54) is 19.4 Å². The fourth-order valence-electron chi connectivity index (χ4n) is 0.948. The topological polar surface area (TPSA) is 32.3 Å². The maximum absolute atomic E-state index is 13.2. The Kier molecular flexibility index (Phi) is 3.58. The van der Waals surface area contributed by atoms with Gasteiger partial charge in [-0.15, -0.1) is 0 Å². The van der Waals surface area contributed by atoms with Gasteiger partial charge >= 0.3 is 0 Å². The summed E-state index contributed by atoms with van der Waals surface area (Å²) in [4.78, 5) is 0.356. The molecule has 0 fully saturated rings. The number of hydrogen-bond donors (Lipinski definition) is 0. The second-order valence-corrected chi connectivity index (χ2v) is 4.64. The molecule has 0 aliphatic heterocycles. The SMILES string of the molecule is COc1c(F)cc(Br)cc1[S+](C)[O-]. The summed E-state index contributed by atoms with van der Waals surface area (Å²) in [7, 11) is 1.35. The van der Waals surface area contributed by atoms with Crippen LogP contribution in [0.2, 0.25) is 0 Å². The molecular weight excluding hydrogens is 259 g/mol. The van der Waals surface area contributed by atoms with Gasteiger partial charge < -0.3 is 9.29 Å². The Labute approximate surface area is 87.4 Å². The molecule has 0 aliphatic rings. The van der Waals surface area contributed by atoms with Crippen LogP contribution in [0.5, 0.6) is 5.75 Å². The fourth-order valence-corrected chi connectivity index (χ4v) is 2.26. The Morgan fingerprint density at radius 2 is 2.15 bits per heavy atom. The van der Waals surface area contributed by atoms with Gasteiger partial charge in [0.05, 0.1) is 7.11 Å². The van der Waals surface area contributed by atoms with Gasteiger partial charge in [0, 0.05) is 10.5 Å². The maximum Gasteiger partial charge on any atom is 0.210 e. The van der Waals surface area contributed by atoms with Crippen LogP contribution >= 0.6 is 15.9 Å². The van der Waals surface area contributed by atoms with E-state index in [0.29, 0.717) is 9.37 Å². The first-order chi connectivity index (χ1) is 6.06. The summed E-state index contributed by atoms with van der Waals surface area (Å²) in [5, 5.41) is 0. The fraction of sp³-hybridized carbons (Fsp3) is 0.250. The lowest BCUT2D eigenvalue weighted by molar-refractivity contribution is 0.374. The highest BCUT2D eigenvalue weighted by molar-refractivity contribution is 9.10. The Bertz CT molecular complexity index is 317. The highest BCUT2D eigenvalue weighted by Crippen LogP contribution is 2.30. The van der Waals surface area contributed by atoms with Crippen LogP contribution in [0, 0.1) is 5.82 Å². The number of ether oxygens (including phenoxy) is 1. The lowest BCUT2D eigenvalue weighted by Gasteiger charge is -2.10. The van der Waals surface area contributed by atoms with Gasteiger partial charge in [0.2, 0.25) is 5.75 Å². The van der Waals surface area contributed by atoms with Crippen molar-refractivity contribution in [1.29, 1.82) is 0 Å². The lowest BCUT2D eigenvalue weighted by atomic mass is 10.3. The van der Waals surface area contributed by atoms with E-state index in [-0.39, 0.29) is 5.75 Å². The summed E-state index contributed by atoms with van der Waals surface area (Å²) in [5.41, 5.74) is 0. The number of benzene rings is 1. The van der Waals surface area contributed by atoms with Crippen molar-refractivity contribution < 1.29 is 13.7 Å². The smallest absolute Gasteiger partial charge is 0.210 e. The molecule has 2 nitrogen and oxygen atoms in total. The van der Waals surface area contributed by atoms with Gasteiger partial charge in [0.1, 0.15) is 6.26 Å². The van der Waals surface area contributed by atoms with Crippen LogP contribution in [-0.2, 0) is 11.2 Å². The average molecular weight is 267 g/mol. The van der Waals surface area contributed by atoms with E-state index in [0.717, 1.165) is 0 Å². The second-order valence-electron chi connectivity index (χ2n) is 2.37. The molecule has 1 aromatic carbocycles. The third kappa shape index (κ3) is 2.36. The highest BCUT2D eigenvalue weighted by atomic mass is 79.9. The summed E-state index contributed by atoms with van der Waals surface area (Å²) >= 11 is 1.86. The molecule has 0 amide bonds. The van der Waals surface area contributed by atoms with E-state index in [2.05, 4.69) is 15.9 Å². The summed E-state index contributed by atoms with van der Waals surface area (Å²) in [6, 6.07) is 2.85. The first kappa shape index (κ1) is 10.8. The Hall–Kier alpha value is -0.260. The zero-order valence-corrected chi connectivity index (χ0v) is 9.54. The Morgan fingerprint density at radius 1 is 1.54 bits per heavy atom. The van der Waals surface area contributed by atoms with Crippen molar-refractivity contribution in [2.75, 3.05) is 13.4 Å². The quantitative estimate of drug-likeness (QED) is 0.770. The molecule has 1 rings (SSSR count). The standard InChI is InChI=1S/C8H8BrFO2S/c1-12-8-6(10)3-5(9)4-7(8)13(2)11/h3-4H,1-2H3. The average Bonchev–Trinajstić information content (AvgIpc) is 2.02. The molecule has 13 heavy (non-hydrogen) atoms. The van der Waals surface area contributed by atoms with Crippen LogP contribution in [0.4, 0.5) is 4.39 Å². The summed E-state index contributed by atoms with van der Waals surface area (Å²) in [6.07, 6.45) is 1.48. The van der Waals surface area contributed by atoms with Gasteiger partial charge in [0.15, 0.2) is 10.7 Å². The van der Waals surface area contributed by atoms with Crippen molar-refractivity contribution >= 4 is 27.1 Å². The van der Waals surface area contributed by atoms with Gasteiger partial charge in [-0.2, -0.15) is 0 Å². The van der Waals surface area contributed by atoms with Gasteiger partial charge in [-0.1, -0.05) is 15.9 Å². The van der Waals surface area contributed by atoms with Crippen LogP contribution in [0.15, 0.2) is 21.5 Å². The normalized spacial score (nSPS) is 12.7. The van der Waals surface area contributed by atoms with Crippen molar-refractivity contribution in [1.82, 2.24) is 0 Å². The van der Waals surface area contributed by atoms with Crippen molar-refractivity contribution in [2.24, 2.45) is 0 Å². The second kappa shape index (κ2) is 4.30. The van der Waals surface area contributed by atoms with Crippen molar-refractivity contribution in [3.8, 4) is 5.75 Å². The van der Waals surface area contributed by atoms with Crippen LogP contribution in [-0.4, -0.2) is 17.9 Å². The molecule has 0 saturated carbocycles. The predicted octanol–water partition coefficient (Wildman–Crippen LogP) is 2.33. The summed E-state index contributed by atoms with van der Waals surface area (Å²) < 4.78 is 29.7. The molecule has 0 N–H and O–H groups in total. The molecule has 0 aliphatic carbocycles. The van der Waals surface area contributed by atoms with E-state index in [1.807, 2.05) is 0 Å². The molecule has 72 valence electrons. The minimum Gasteiger partial charge on any atom is -0.612 e. The third-order valence-corrected chi connectivity index (χ3v) is 2.87. The van der Waals surface area contributed by atoms with Gasteiger partial charge in [-0.05, 0) is 17.2 Å². The monoisotopic (exact) mass is 266 g/mol. The zero-order valence-electron chi connectivity index (χ0n) is 7.14. The molecule has 0 saturated heterocycles. The first-order valence-corrected chi connectivity index (χ1v) is 5.78. The van der Waals surface area contributed by atoms with E-state index >= 15 is 0 Å².